The van der Waals surface area contributed by atoms with E-state index in [1.54, 1.807) is 0 Å². The average Bonchev–Trinajstić information content (AvgIpc) is 3.33. The van der Waals surface area contributed by atoms with E-state index < -0.39 is 6.10 Å². The maximum absolute atomic E-state index is 12.9. The lowest BCUT2D eigenvalue weighted by atomic mass is 10.0. The first-order valence-electron chi connectivity index (χ1n) is 10.7. The molecule has 2 aromatic rings. The topological polar surface area (TPSA) is 80.6 Å². The third kappa shape index (κ3) is 3.73. The molecule has 1 unspecified atom stereocenters. The van der Waals surface area contributed by atoms with Gasteiger partial charge >= 0.3 is 0 Å². The number of hydrogen-bond donors (Lipinski definition) is 2. The molecule has 4 heterocycles. The van der Waals surface area contributed by atoms with Gasteiger partial charge in [-0.05, 0) is 42.3 Å². The van der Waals surface area contributed by atoms with Crippen LogP contribution < -0.4 is 10.6 Å². The van der Waals surface area contributed by atoms with Gasteiger partial charge in [0.2, 0.25) is 0 Å². The number of aromatic nitrogens is 2. The summed E-state index contributed by atoms with van der Waals surface area (Å²) in [5.41, 5.74) is 4.02. The zero-order valence-corrected chi connectivity index (χ0v) is 17.6. The van der Waals surface area contributed by atoms with E-state index in [0.29, 0.717) is 32.7 Å². The smallest absolute Gasteiger partial charge is 0.252 e. The van der Waals surface area contributed by atoms with Gasteiger partial charge in [0.05, 0.1) is 18.8 Å². The van der Waals surface area contributed by atoms with Crippen LogP contribution in [0.15, 0.2) is 37.1 Å². The Morgan fingerprint density at radius 3 is 3.13 bits per heavy atom. The first kappa shape index (κ1) is 19.8. The maximum Gasteiger partial charge on any atom is 0.252 e. The summed E-state index contributed by atoms with van der Waals surface area (Å²) in [4.78, 5) is 14.8. The predicted molar refractivity (Wildman–Crippen MR) is 120 cm³/mol. The van der Waals surface area contributed by atoms with Crippen LogP contribution in [0, 0.1) is 0 Å². The molecule has 162 valence electrons. The molecule has 1 aromatic heterocycles. The minimum Gasteiger partial charge on any atom is -0.383 e. The molecule has 8 heteroatoms. The van der Waals surface area contributed by atoms with Gasteiger partial charge < -0.3 is 25.0 Å². The van der Waals surface area contributed by atoms with E-state index in [1.165, 1.54) is 0 Å². The fourth-order valence-electron chi connectivity index (χ4n) is 4.46. The van der Waals surface area contributed by atoms with Gasteiger partial charge in [-0.15, -0.1) is 0 Å². The highest BCUT2D eigenvalue weighted by Gasteiger charge is 2.40. The molecule has 1 amide bonds. The second-order valence-corrected chi connectivity index (χ2v) is 7.93. The third-order valence-electron chi connectivity index (χ3n) is 5.98. The normalized spacial score (nSPS) is 24.7. The molecule has 4 bridgehead atoms. The van der Waals surface area contributed by atoms with E-state index in [-0.39, 0.29) is 18.2 Å². The van der Waals surface area contributed by atoms with Crippen molar-refractivity contribution in [1.29, 1.82) is 0 Å². The molecule has 0 spiro atoms. The van der Waals surface area contributed by atoms with Crippen molar-refractivity contribution in [3.63, 3.8) is 0 Å². The Morgan fingerprint density at radius 2 is 2.29 bits per heavy atom. The van der Waals surface area contributed by atoms with Crippen molar-refractivity contribution in [3.05, 3.63) is 42.6 Å². The van der Waals surface area contributed by atoms with Crippen LogP contribution >= 0.6 is 0 Å². The van der Waals surface area contributed by atoms with E-state index >= 15 is 0 Å². The van der Waals surface area contributed by atoms with E-state index in [9.17, 15) is 4.79 Å². The third-order valence-corrected chi connectivity index (χ3v) is 5.98. The largest absolute Gasteiger partial charge is 0.383 e. The second kappa shape index (κ2) is 8.20. The van der Waals surface area contributed by atoms with Gasteiger partial charge in [-0.3, -0.25) is 4.79 Å². The van der Waals surface area contributed by atoms with Crippen LogP contribution in [0.5, 0.6) is 0 Å². The highest BCUT2D eigenvalue weighted by atomic mass is 16.5. The molecule has 3 aliphatic rings. The fraction of sp³-hybridized carbons (Fsp3) is 0.391. The summed E-state index contributed by atoms with van der Waals surface area (Å²) < 4.78 is 13.7. The molecule has 5 rings (SSSR count). The van der Waals surface area contributed by atoms with Crippen LogP contribution in [0.1, 0.15) is 18.9 Å². The fourth-order valence-corrected chi connectivity index (χ4v) is 4.46. The number of nitrogens with one attached hydrogen (secondary N) is 2. The van der Waals surface area contributed by atoms with Crippen LogP contribution in [0.25, 0.3) is 23.4 Å². The molecule has 8 nitrogen and oxygen atoms in total. The number of hydrogen-bond acceptors (Lipinski definition) is 6. The number of ether oxygens (including phenoxy) is 2. The predicted octanol–water partition coefficient (Wildman–Crippen LogP) is 2.86. The van der Waals surface area contributed by atoms with Gasteiger partial charge in [-0.1, -0.05) is 12.7 Å². The Morgan fingerprint density at radius 1 is 1.39 bits per heavy atom. The Hall–Kier alpha value is -3.10. The summed E-state index contributed by atoms with van der Waals surface area (Å²) in [5.74, 6) is 0.917. The van der Waals surface area contributed by atoms with Crippen molar-refractivity contribution in [2.75, 3.05) is 36.9 Å². The SMILES string of the molecule is C=Cc1cc2cc(c1)-c1cnn3c1NC(C=C3)OC[C@@H]1C[C@@H](OCC)C(=O)N1CCN2. The Labute approximate surface area is 181 Å². The van der Waals surface area contributed by atoms with Crippen molar-refractivity contribution >= 4 is 29.7 Å². The lowest BCUT2D eigenvalue weighted by Gasteiger charge is -2.28. The molecule has 0 aliphatic carbocycles. The number of amides is 1. The number of benzene rings is 1. The zero-order chi connectivity index (χ0) is 21.4. The molecule has 2 N–H and O–H groups in total. The Bertz CT molecular complexity index is 1030. The number of carbonyl (C=O) groups is 1. The van der Waals surface area contributed by atoms with Gasteiger partial charge in [-0.25, -0.2) is 4.68 Å². The lowest BCUT2D eigenvalue weighted by molar-refractivity contribution is -0.138. The summed E-state index contributed by atoms with van der Waals surface area (Å²) in [6, 6.07) is 6.22. The summed E-state index contributed by atoms with van der Waals surface area (Å²) >= 11 is 0. The lowest BCUT2D eigenvalue weighted by Crippen LogP contribution is -2.41. The van der Waals surface area contributed by atoms with Crippen molar-refractivity contribution < 1.29 is 14.3 Å². The molecule has 3 aliphatic heterocycles. The van der Waals surface area contributed by atoms with Gasteiger partial charge in [0.15, 0.2) is 0 Å². The molecule has 0 saturated carbocycles. The van der Waals surface area contributed by atoms with Crippen molar-refractivity contribution in [3.8, 4) is 11.1 Å². The van der Waals surface area contributed by atoms with Crippen LogP contribution in [-0.4, -0.2) is 65.3 Å². The zero-order valence-electron chi connectivity index (χ0n) is 17.6. The summed E-state index contributed by atoms with van der Waals surface area (Å²) in [6.07, 6.45) is 7.48. The van der Waals surface area contributed by atoms with Crippen LogP contribution in [0.2, 0.25) is 0 Å². The van der Waals surface area contributed by atoms with Crippen LogP contribution in [0.3, 0.4) is 0 Å². The molecule has 1 saturated heterocycles. The van der Waals surface area contributed by atoms with Gasteiger partial charge in [0, 0.05) is 43.6 Å². The second-order valence-electron chi connectivity index (χ2n) is 7.93. The molecule has 1 fully saturated rings. The van der Waals surface area contributed by atoms with Gasteiger partial charge in [0.25, 0.3) is 5.91 Å². The van der Waals surface area contributed by atoms with Crippen LogP contribution in [-0.2, 0) is 14.3 Å². The van der Waals surface area contributed by atoms with Crippen molar-refractivity contribution in [2.24, 2.45) is 0 Å². The quantitative estimate of drug-likeness (QED) is 0.793. The van der Waals surface area contributed by atoms with E-state index in [0.717, 1.165) is 28.2 Å². The van der Waals surface area contributed by atoms with Crippen molar-refractivity contribution in [1.82, 2.24) is 14.7 Å². The highest BCUT2D eigenvalue weighted by Crippen LogP contribution is 2.34. The Balaban J connectivity index is 1.50. The maximum atomic E-state index is 12.9. The number of nitrogens with zero attached hydrogens (tertiary/aromatic N) is 3. The van der Waals surface area contributed by atoms with Crippen molar-refractivity contribution in [2.45, 2.75) is 31.7 Å². The first-order valence-corrected chi connectivity index (χ1v) is 10.7. The van der Waals surface area contributed by atoms with E-state index in [4.69, 9.17) is 9.47 Å². The number of rotatable bonds is 3. The van der Waals surface area contributed by atoms with Gasteiger partial charge in [-0.2, -0.15) is 5.10 Å². The Kier molecular flexibility index (Phi) is 5.25. The molecule has 1 aromatic carbocycles. The van der Waals surface area contributed by atoms with E-state index in [2.05, 4.69) is 40.5 Å². The molecular weight excluding hydrogens is 394 g/mol. The number of anilines is 2. The highest BCUT2D eigenvalue weighted by molar-refractivity contribution is 5.84. The van der Waals surface area contributed by atoms with Crippen LogP contribution in [0.4, 0.5) is 11.5 Å². The van der Waals surface area contributed by atoms with E-state index in [1.807, 2.05) is 41.1 Å². The number of carbonyl (C=O) groups excluding carboxylic acids is 1. The summed E-state index contributed by atoms with van der Waals surface area (Å²) in [6.45, 7) is 8.02. The monoisotopic (exact) mass is 421 g/mol. The average molecular weight is 422 g/mol. The molecule has 3 atom stereocenters. The van der Waals surface area contributed by atoms with Gasteiger partial charge in [0.1, 0.15) is 18.1 Å². The number of fused-ring (bicyclic) bond motifs is 5. The minimum atomic E-state index is -0.395. The molecular formula is C23H27N5O3. The summed E-state index contributed by atoms with van der Waals surface area (Å²) in [5, 5.41) is 11.4. The standard InChI is InChI=1S/C23H27N5O3/c1-3-15-9-16-11-17(10-15)24-6-8-27-18(12-20(23(27)29)30-4-2)14-31-21-5-7-28-22(26-21)19(16)13-25-28/h3,5,7,9-11,13,18,20-21,24,26H,1,4,6,8,12,14H2,2H3/t18-,20+,21?/m0/s1. The molecule has 31 heavy (non-hydrogen) atoms. The summed E-state index contributed by atoms with van der Waals surface area (Å²) in [7, 11) is 0. The first-order chi connectivity index (χ1) is 15.2. The molecule has 0 radical (unpaired) electrons. The minimum absolute atomic E-state index is 0.0228.